The molecule has 0 unspecified atom stereocenters. The van der Waals surface area contributed by atoms with Crippen molar-refractivity contribution in [1.29, 1.82) is 0 Å². The van der Waals surface area contributed by atoms with Crippen molar-refractivity contribution in [3.8, 4) is 0 Å². The zero-order valence-corrected chi connectivity index (χ0v) is 11.7. The first-order chi connectivity index (χ1) is 8.97. The average molecular weight is 298 g/mol. The molecule has 0 atom stereocenters. The van der Waals surface area contributed by atoms with Gasteiger partial charge in [0, 0.05) is 23.7 Å². The number of thiophene rings is 1. The normalized spacial score (nSPS) is 10.4. The molecule has 0 saturated carbocycles. The Morgan fingerprint density at radius 3 is 2.68 bits per heavy atom. The quantitative estimate of drug-likeness (QED) is 0.532. The van der Waals surface area contributed by atoms with Gasteiger partial charge in [-0.1, -0.05) is 11.6 Å². The van der Waals surface area contributed by atoms with Gasteiger partial charge < -0.3 is 10.6 Å². The van der Waals surface area contributed by atoms with Crippen LogP contribution in [-0.4, -0.2) is 12.0 Å². The Kier molecular flexibility index (Phi) is 3.92. The van der Waals surface area contributed by atoms with Crippen molar-refractivity contribution in [3.63, 3.8) is 0 Å². The van der Waals surface area contributed by atoms with Crippen LogP contribution in [0.25, 0.3) is 0 Å². The van der Waals surface area contributed by atoms with Crippen LogP contribution in [0.1, 0.15) is 4.88 Å². The van der Waals surface area contributed by atoms with Gasteiger partial charge in [0.05, 0.1) is 15.8 Å². The summed E-state index contributed by atoms with van der Waals surface area (Å²) in [5.41, 5.74) is 6.59. The molecule has 0 radical (unpaired) electrons. The van der Waals surface area contributed by atoms with E-state index in [-0.39, 0.29) is 11.4 Å². The lowest BCUT2D eigenvalue weighted by Gasteiger charge is -2.18. The topological polar surface area (TPSA) is 72.4 Å². The van der Waals surface area contributed by atoms with E-state index >= 15 is 0 Å². The van der Waals surface area contributed by atoms with Crippen molar-refractivity contribution in [3.05, 3.63) is 49.7 Å². The fourth-order valence-corrected chi connectivity index (χ4v) is 2.85. The Bertz CT molecular complexity index is 615. The van der Waals surface area contributed by atoms with E-state index in [9.17, 15) is 10.1 Å². The molecule has 2 aromatic rings. The van der Waals surface area contributed by atoms with E-state index in [1.807, 2.05) is 24.1 Å². The number of nitro groups is 1. The summed E-state index contributed by atoms with van der Waals surface area (Å²) in [6.07, 6.45) is 0. The van der Waals surface area contributed by atoms with E-state index in [2.05, 4.69) is 0 Å². The Morgan fingerprint density at radius 2 is 2.16 bits per heavy atom. The fraction of sp³-hybridized carbons (Fsp3) is 0.167. The highest BCUT2D eigenvalue weighted by Crippen LogP contribution is 2.28. The van der Waals surface area contributed by atoms with E-state index in [0.717, 1.165) is 14.9 Å². The fourth-order valence-electron chi connectivity index (χ4n) is 1.71. The third-order valence-electron chi connectivity index (χ3n) is 2.67. The molecule has 19 heavy (non-hydrogen) atoms. The van der Waals surface area contributed by atoms with Crippen molar-refractivity contribution in [2.24, 2.45) is 0 Å². The molecule has 0 aliphatic rings. The van der Waals surface area contributed by atoms with Gasteiger partial charge >= 0.3 is 0 Å². The number of benzene rings is 1. The van der Waals surface area contributed by atoms with Crippen molar-refractivity contribution in [2.45, 2.75) is 6.54 Å². The highest BCUT2D eigenvalue weighted by Gasteiger charge is 2.13. The molecule has 5 nitrogen and oxygen atoms in total. The summed E-state index contributed by atoms with van der Waals surface area (Å²) in [7, 11) is 1.90. The maximum atomic E-state index is 10.7. The minimum absolute atomic E-state index is 0.0729. The molecular weight excluding hydrogens is 286 g/mol. The maximum absolute atomic E-state index is 10.7. The predicted octanol–water partition coefficient (Wildman–Crippen LogP) is 3.53. The van der Waals surface area contributed by atoms with Crippen molar-refractivity contribution in [1.82, 2.24) is 0 Å². The molecule has 0 amide bonds. The van der Waals surface area contributed by atoms with Crippen molar-refractivity contribution < 1.29 is 4.92 Å². The first kappa shape index (κ1) is 13.6. The molecule has 2 rings (SSSR count). The number of anilines is 2. The lowest BCUT2D eigenvalue weighted by molar-refractivity contribution is -0.383. The van der Waals surface area contributed by atoms with Crippen LogP contribution in [-0.2, 0) is 6.54 Å². The van der Waals surface area contributed by atoms with Gasteiger partial charge in [-0.3, -0.25) is 10.1 Å². The van der Waals surface area contributed by atoms with Gasteiger partial charge in [-0.2, -0.15) is 0 Å². The third kappa shape index (κ3) is 3.15. The summed E-state index contributed by atoms with van der Waals surface area (Å²) < 4.78 is 0.742. The standard InChI is InChI=1S/C12H12ClN3O2S/c1-15(7-9-3-5-12(13)19-9)8-2-4-11(16(17)18)10(14)6-8/h2-6H,7,14H2,1H3. The number of nitrogens with two attached hydrogens (primary N) is 1. The molecule has 0 spiro atoms. The zero-order chi connectivity index (χ0) is 14.0. The largest absolute Gasteiger partial charge is 0.393 e. The van der Waals surface area contributed by atoms with Gasteiger partial charge in [0.2, 0.25) is 0 Å². The van der Waals surface area contributed by atoms with Crippen LogP contribution < -0.4 is 10.6 Å². The van der Waals surface area contributed by atoms with Gasteiger partial charge in [0.1, 0.15) is 5.69 Å². The molecule has 0 bridgehead atoms. The monoisotopic (exact) mass is 297 g/mol. The van der Waals surface area contributed by atoms with Crippen LogP contribution in [0.3, 0.4) is 0 Å². The van der Waals surface area contributed by atoms with Gasteiger partial charge in [-0.15, -0.1) is 11.3 Å². The summed E-state index contributed by atoms with van der Waals surface area (Å²) in [5.74, 6) is 0. The number of rotatable bonds is 4. The molecule has 7 heteroatoms. The van der Waals surface area contributed by atoms with E-state index in [0.29, 0.717) is 6.54 Å². The van der Waals surface area contributed by atoms with Crippen LogP contribution in [0.2, 0.25) is 4.34 Å². The van der Waals surface area contributed by atoms with Crippen LogP contribution >= 0.6 is 22.9 Å². The maximum Gasteiger partial charge on any atom is 0.292 e. The predicted molar refractivity (Wildman–Crippen MR) is 78.9 cm³/mol. The van der Waals surface area contributed by atoms with Gasteiger partial charge in [-0.25, -0.2) is 0 Å². The number of hydrogen-bond acceptors (Lipinski definition) is 5. The molecule has 0 aliphatic carbocycles. The first-order valence-corrected chi connectivity index (χ1v) is 6.66. The second-order valence-corrected chi connectivity index (χ2v) is 5.86. The second kappa shape index (κ2) is 5.46. The van der Waals surface area contributed by atoms with Crippen LogP contribution in [0.5, 0.6) is 0 Å². The third-order valence-corrected chi connectivity index (χ3v) is 3.89. The summed E-state index contributed by atoms with van der Waals surface area (Å²) in [5, 5.41) is 10.7. The van der Waals surface area contributed by atoms with Crippen LogP contribution in [0, 0.1) is 10.1 Å². The average Bonchev–Trinajstić information content (AvgIpc) is 2.74. The summed E-state index contributed by atoms with van der Waals surface area (Å²) in [4.78, 5) is 13.3. The minimum Gasteiger partial charge on any atom is -0.393 e. The molecule has 0 saturated heterocycles. The van der Waals surface area contributed by atoms with Gasteiger partial charge in [-0.05, 0) is 24.3 Å². The van der Waals surface area contributed by atoms with Crippen LogP contribution in [0.4, 0.5) is 17.1 Å². The second-order valence-electron chi connectivity index (χ2n) is 4.06. The Labute approximate surface area is 119 Å². The first-order valence-electron chi connectivity index (χ1n) is 5.46. The zero-order valence-electron chi connectivity index (χ0n) is 10.2. The lowest BCUT2D eigenvalue weighted by Crippen LogP contribution is -2.15. The van der Waals surface area contributed by atoms with Crippen molar-refractivity contribution >= 4 is 40.0 Å². The van der Waals surface area contributed by atoms with E-state index in [4.69, 9.17) is 17.3 Å². The Hall–Kier alpha value is -1.79. The molecule has 1 heterocycles. The summed E-state index contributed by atoms with van der Waals surface area (Å²) in [6.45, 7) is 0.675. The van der Waals surface area contributed by atoms with E-state index in [1.165, 1.54) is 17.4 Å². The van der Waals surface area contributed by atoms with Gasteiger partial charge in [0.15, 0.2) is 0 Å². The summed E-state index contributed by atoms with van der Waals surface area (Å²) >= 11 is 7.38. The highest BCUT2D eigenvalue weighted by molar-refractivity contribution is 7.16. The van der Waals surface area contributed by atoms with E-state index in [1.54, 1.807) is 12.1 Å². The molecule has 100 valence electrons. The summed E-state index contributed by atoms with van der Waals surface area (Å²) in [6, 6.07) is 8.51. The van der Waals surface area contributed by atoms with Crippen molar-refractivity contribution in [2.75, 3.05) is 17.7 Å². The Morgan fingerprint density at radius 1 is 1.42 bits per heavy atom. The smallest absolute Gasteiger partial charge is 0.292 e. The van der Waals surface area contributed by atoms with E-state index < -0.39 is 4.92 Å². The molecular formula is C12H12ClN3O2S. The Balaban J connectivity index is 2.17. The molecule has 0 fully saturated rings. The number of halogens is 1. The lowest BCUT2D eigenvalue weighted by atomic mass is 10.2. The minimum atomic E-state index is -0.488. The highest BCUT2D eigenvalue weighted by atomic mass is 35.5. The number of nitrogens with zero attached hydrogens (tertiary/aromatic N) is 2. The number of hydrogen-bond donors (Lipinski definition) is 1. The SMILES string of the molecule is CN(Cc1ccc(Cl)s1)c1ccc([N+](=O)[O-])c(N)c1. The number of nitrogen functional groups attached to an aromatic ring is 1. The molecule has 1 aromatic heterocycles. The van der Waals surface area contributed by atoms with Crippen LogP contribution in [0.15, 0.2) is 30.3 Å². The molecule has 1 aromatic carbocycles. The molecule has 0 aliphatic heterocycles. The number of nitro benzene ring substituents is 1. The van der Waals surface area contributed by atoms with Gasteiger partial charge in [0.25, 0.3) is 5.69 Å². The molecule has 2 N–H and O–H groups in total.